The first kappa shape index (κ1) is 14.9. The molecule has 19 heavy (non-hydrogen) atoms. The van der Waals surface area contributed by atoms with Crippen molar-refractivity contribution < 1.29 is 9.90 Å². The van der Waals surface area contributed by atoms with Gasteiger partial charge in [-0.05, 0) is 37.6 Å². The fourth-order valence-electron chi connectivity index (χ4n) is 2.21. The molecule has 1 aromatic rings. The van der Waals surface area contributed by atoms with Crippen molar-refractivity contribution in [3.05, 3.63) is 28.7 Å². The minimum absolute atomic E-state index is 0.0846. The Morgan fingerprint density at radius 3 is 2.79 bits per heavy atom. The molecule has 1 heterocycles. The number of aliphatic hydroxyl groups excluding tert-OH is 1. The molecule has 1 aliphatic rings. The first-order valence-corrected chi connectivity index (χ1v) is 8.09. The van der Waals surface area contributed by atoms with Gasteiger partial charge in [0.1, 0.15) is 0 Å². The SMILES string of the molecule is CC(Sc1ccc(Br)cc1)C(=O)N1CCC(CO)C1. The number of rotatable bonds is 4. The summed E-state index contributed by atoms with van der Waals surface area (Å²) >= 11 is 4.98. The van der Waals surface area contributed by atoms with Gasteiger partial charge in [-0.25, -0.2) is 0 Å². The van der Waals surface area contributed by atoms with E-state index in [-0.39, 0.29) is 23.7 Å². The molecule has 0 spiro atoms. The third-order valence-corrected chi connectivity index (χ3v) is 4.96. The number of benzene rings is 1. The minimum atomic E-state index is -0.0846. The maximum Gasteiger partial charge on any atom is 0.235 e. The van der Waals surface area contributed by atoms with Crippen LogP contribution in [0.4, 0.5) is 0 Å². The van der Waals surface area contributed by atoms with Crippen LogP contribution in [0.2, 0.25) is 0 Å². The standard InChI is InChI=1S/C14H18BrNO2S/c1-10(19-13-4-2-12(15)3-5-13)14(18)16-7-6-11(8-16)9-17/h2-5,10-11,17H,6-9H2,1H3. The lowest BCUT2D eigenvalue weighted by Crippen LogP contribution is -2.35. The minimum Gasteiger partial charge on any atom is -0.396 e. The van der Waals surface area contributed by atoms with Crippen LogP contribution in [0.25, 0.3) is 0 Å². The number of thioether (sulfide) groups is 1. The fourth-order valence-corrected chi connectivity index (χ4v) is 3.42. The van der Waals surface area contributed by atoms with Crippen molar-refractivity contribution in [1.29, 1.82) is 0 Å². The van der Waals surface area contributed by atoms with Crippen molar-refractivity contribution in [2.45, 2.75) is 23.5 Å². The van der Waals surface area contributed by atoms with E-state index in [4.69, 9.17) is 5.11 Å². The molecule has 3 nitrogen and oxygen atoms in total. The van der Waals surface area contributed by atoms with Crippen molar-refractivity contribution in [2.24, 2.45) is 5.92 Å². The highest BCUT2D eigenvalue weighted by atomic mass is 79.9. The Bertz CT molecular complexity index is 438. The van der Waals surface area contributed by atoms with E-state index in [0.717, 1.165) is 22.3 Å². The van der Waals surface area contributed by atoms with Crippen LogP contribution in [-0.4, -0.2) is 40.9 Å². The number of nitrogens with zero attached hydrogens (tertiary/aromatic N) is 1. The predicted octanol–water partition coefficient (Wildman–Crippen LogP) is 2.77. The molecule has 1 aliphatic heterocycles. The Labute approximate surface area is 126 Å². The molecule has 1 fully saturated rings. The first-order chi connectivity index (χ1) is 9.10. The van der Waals surface area contributed by atoms with Gasteiger partial charge in [0.25, 0.3) is 0 Å². The average molecular weight is 344 g/mol. The largest absolute Gasteiger partial charge is 0.396 e. The molecule has 1 N–H and O–H groups in total. The zero-order valence-electron chi connectivity index (χ0n) is 10.9. The zero-order valence-corrected chi connectivity index (χ0v) is 13.3. The summed E-state index contributed by atoms with van der Waals surface area (Å²) in [5, 5.41) is 9.03. The number of amides is 1. The lowest BCUT2D eigenvalue weighted by molar-refractivity contribution is -0.129. The molecule has 1 saturated heterocycles. The van der Waals surface area contributed by atoms with Crippen LogP contribution in [0.5, 0.6) is 0 Å². The van der Waals surface area contributed by atoms with Crippen molar-refractivity contribution >= 4 is 33.6 Å². The van der Waals surface area contributed by atoms with E-state index in [9.17, 15) is 4.79 Å². The number of hydrogen-bond donors (Lipinski definition) is 1. The van der Waals surface area contributed by atoms with Crippen molar-refractivity contribution in [1.82, 2.24) is 4.90 Å². The lowest BCUT2D eigenvalue weighted by atomic mass is 10.1. The quantitative estimate of drug-likeness (QED) is 0.854. The predicted molar refractivity (Wildman–Crippen MR) is 81.2 cm³/mol. The summed E-state index contributed by atoms with van der Waals surface area (Å²) in [6.45, 7) is 3.59. The summed E-state index contributed by atoms with van der Waals surface area (Å²) in [6.07, 6.45) is 0.915. The Morgan fingerprint density at radius 2 is 2.21 bits per heavy atom. The summed E-state index contributed by atoms with van der Waals surface area (Å²) in [5.41, 5.74) is 0. The number of likely N-dealkylation sites (tertiary alicyclic amines) is 1. The molecule has 2 atom stereocenters. The van der Waals surface area contributed by atoms with Gasteiger partial charge in [0, 0.05) is 35.0 Å². The maximum atomic E-state index is 12.3. The number of hydrogen-bond acceptors (Lipinski definition) is 3. The molecule has 2 rings (SSSR count). The summed E-state index contributed by atoms with van der Waals surface area (Å²) in [5.74, 6) is 0.428. The summed E-state index contributed by atoms with van der Waals surface area (Å²) in [7, 11) is 0. The van der Waals surface area contributed by atoms with Crippen LogP contribution in [0, 0.1) is 5.92 Å². The van der Waals surface area contributed by atoms with E-state index < -0.39 is 0 Å². The fraction of sp³-hybridized carbons (Fsp3) is 0.500. The van der Waals surface area contributed by atoms with Crippen LogP contribution >= 0.6 is 27.7 Å². The van der Waals surface area contributed by atoms with Crippen molar-refractivity contribution in [3.63, 3.8) is 0 Å². The van der Waals surface area contributed by atoms with Gasteiger partial charge in [0.05, 0.1) is 5.25 Å². The molecule has 5 heteroatoms. The Morgan fingerprint density at radius 1 is 1.53 bits per heavy atom. The second-order valence-electron chi connectivity index (χ2n) is 4.84. The van der Waals surface area contributed by atoms with Gasteiger partial charge in [-0.1, -0.05) is 15.9 Å². The zero-order chi connectivity index (χ0) is 13.8. The number of aliphatic hydroxyl groups is 1. The van der Waals surface area contributed by atoms with E-state index in [1.165, 1.54) is 0 Å². The third-order valence-electron chi connectivity index (χ3n) is 3.33. The molecule has 0 radical (unpaired) electrons. The van der Waals surface area contributed by atoms with Gasteiger partial charge in [-0.3, -0.25) is 4.79 Å². The molecule has 0 saturated carbocycles. The van der Waals surface area contributed by atoms with Gasteiger partial charge in [0.2, 0.25) is 5.91 Å². The van der Waals surface area contributed by atoms with E-state index in [1.807, 2.05) is 36.1 Å². The molecular formula is C14H18BrNO2S. The molecule has 104 valence electrons. The van der Waals surface area contributed by atoms with Crippen LogP contribution in [0.1, 0.15) is 13.3 Å². The summed E-state index contributed by atoms with van der Waals surface area (Å²) in [6, 6.07) is 7.99. The van der Waals surface area contributed by atoms with Gasteiger partial charge >= 0.3 is 0 Å². The molecule has 2 unspecified atom stereocenters. The Hall–Kier alpha value is -0.520. The molecule has 1 aromatic carbocycles. The van der Waals surface area contributed by atoms with E-state index in [0.29, 0.717) is 6.54 Å². The number of halogens is 1. The molecule has 0 aromatic heterocycles. The van der Waals surface area contributed by atoms with Crippen LogP contribution < -0.4 is 0 Å². The van der Waals surface area contributed by atoms with E-state index >= 15 is 0 Å². The van der Waals surface area contributed by atoms with Gasteiger partial charge < -0.3 is 10.0 Å². The smallest absolute Gasteiger partial charge is 0.235 e. The highest BCUT2D eigenvalue weighted by Crippen LogP contribution is 2.27. The Kier molecular flexibility index (Phi) is 5.30. The molecule has 0 bridgehead atoms. The first-order valence-electron chi connectivity index (χ1n) is 6.42. The molecule has 0 aliphatic carbocycles. The third kappa shape index (κ3) is 3.97. The topological polar surface area (TPSA) is 40.5 Å². The van der Waals surface area contributed by atoms with E-state index in [1.54, 1.807) is 11.8 Å². The normalized spacial score (nSPS) is 20.6. The Balaban J connectivity index is 1.91. The number of carbonyl (C=O) groups is 1. The monoisotopic (exact) mass is 343 g/mol. The van der Waals surface area contributed by atoms with Crippen molar-refractivity contribution in [2.75, 3.05) is 19.7 Å². The van der Waals surface area contributed by atoms with Crippen LogP contribution in [0.15, 0.2) is 33.6 Å². The summed E-state index contributed by atoms with van der Waals surface area (Å²) < 4.78 is 1.04. The number of carbonyl (C=O) groups excluding carboxylic acids is 1. The summed E-state index contributed by atoms with van der Waals surface area (Å²) in [4.78, 5) is 15.3. The molecule has 1 amide bonds. The highest BCUT2D eigenvalue weighted by Gasteiger charge is 2.28. The molecular weight excluding hydrogens is 326 g/mol. The average Bonchev–Trinajstić information content (AvgIpc) is 2.89. The second-order valence-corrected chi connectivity index (χ2v) is 7.17. The van der Waals surface area contributed by atoms with E-state index in [2.05, 4.69) is 15.9 Å². The van der Waals surface area contributed by atoms with Gasteiger partial charge in [0.15, 0.2) is 0 Å². The van der Waals surface area contributed by atoms with Crippen LogP contribution in [-0.2, 0) is 4.79 Å². The van der Waals surface area contributed by atoms with Crippen molar-refractivity contribution in [3.8, 4) is 0 Å². The van der Waals surface area contributed by atoms with Gasteiger partial charge in [-0.15, -0.1) is 11.8 Å². The maximum absolute atomic E-state index is 12.3. The second kappa shape index (κ2) is 6.77. The van der Waals surface area contributed by atoms with Crippen LogP contribution in [0.3, 0.4) is 0 Å². The van der Waals surface area contributed by atoms with Gasteiger partial charge in [-0.2, -0.15) is 0 Å². The highest BCUT2D eigenvalue weighted by molar-refractivity contribution is 9.10. The lowest BCUT2D eigenvalue weighted by Gasteiger charge is -2.20.